The fourth-order valence-electron chi connectivity index (χ4n) is 2.95. The minimum absolute atomic E-state index is 0.126. The van der Waals surface area contributed by atoms with Crippen molar-refractivity contribution in [3.63, 3.8) is 0 Å². The molecule has 1 aliphatic heterocycles. The molecular formula is C14H21N3O. The Labute approximate surface area is 108 Å². The molecule has 2 aliphatic rings. The summed E-state index contributed by atoms with van der Waals surface area (Å²) < 4.78 is 5.33. The van der Waals surface area contributed by atoms with Crippen LogP contribution >= 0.6 is 0 Å². The van der Waals surface area contributed by atoms with Gasteiger partial charge in [-0.2, -0.15) is 0 Å². The lowest BCUT2D eigenvalue weighted by Gasteiger charge is -2.39. The average Bonchev–Trinajstić information content (AvgIpc) is 2.81. The van der Waals surface area contributed by atoms with Crippen LogP contribution in [0.2, 0.25) is 0 Å². The number of rotatable bonds is 3. The van der Waals surface area contributed by atoms with Crippen molar-refractivity contribution in [1.29, 1.82) is 0 Å². The van der Waals surface area contributed by atoms with E-state index in [1.165, 1.54) is 31.4 Å². The Morgan fingerprint density at radius 2 is 2.06 bits per heavy atom. The van der Waals surface area contributed by atoms with Gasteiger partial charge in [-0.05, 0) is 25.8 Å². The second-order valence-electron chi connectivity index (χ2n) is 5.72. The first-order chi connectivity index (χ1) is 8.73. The summed E-state index contributed by atoms with van der Waals surface area (Å²) in [6.07, 6.45) is 5.19. The predicted molar refractivity (Wildman–Crippen MR) is 69.5 cm³/mol. The van der Waals surface area contributed by atoms with Crippen LogP contribution in [0.15, 0.2) is 6.07 Å². The van der Waals surface area contributed by atoms with E-state index in [0.29, 0.717) is 25.7 Å². The van der Waals surface area contributed by atoms with Crippen LogP contribution in [0, 0.1) is 6.92 Å². The molecule has 1 aliphatic carbocycles. The Bertz CT molecular complexity index is 431. The van der Waals surface area contributed by atoms with Crippen LogP contribution in [0.5, 0.6) is 0 Å². The normalized spacial score (nSPS) is 23.0. The molecular weight excluding hydrogens is 226 g/mol. The van der Waals surface area contributed by atoms with Crippen LogP contribution < -0.4 is 5.73 Å². The first kappa shape index (κ1) is 12.1. The lowest BCUT2D eigenvalue weighted by Crippen LogP contribution is -2.53. The topological polar surface area (TPSA) is 61.0 Å². The Balaban J connectivity index is 1.95. The first-order valence-corrected chi connectivity index (χ1v) is 6.87. The minimum Gasteiger partial charge on any atom is -0.379 e. The fourth-order valence-corrected chi connectivity index (χ4v) is 2.95. The number of ether oxygens (including phenoxy) is 1. The summed E-state index contributed by atoms with van der Waals surface area (Å²) in [4.78, 5) is 9.41. The molecule has 3 rings (SSSR count). The quantitative estimate of drug-likeness (QED) is 0.882. The van der Waals surface area contributed by atoms with Gasteiger partial charge in [0.25, 0.3) is 0 Å². The highest BCUT2D eigenvalue weighted by atomic mass is 16.5. The largest absolute Gasteiger partial charge is 0.379 e. The van der Waals surface area contributed by atoms with E-state index in [9.17, 15) is 0 Å². The maximum atomic E-state index is 5.89. The second kappa shape index (κ2) is 4.59. The van der Waals surface area contributed by atoms with Crippen molar-refractivity contribution in [3.8, 4) is 0 Å². The van der Waals surface area contributed by atoms with Gasteiger partial charge in [0.15, 0.2) is 0 Å². The molecule has 1 saturated carbocycles. The van der Waals surface area contributed by atoms with Crippen molar-refractivity contribution in [3.05, 3.63) is 23.3 Å². The van der Waals surface area contributed by atoms with Crippen LogP contribution in [0.25, 0.3) is 0 Å². The van der Waals surface area contributed by atoms with Gasteiger partial charge < -0.3 is 10.5 Å². The van der Waals surface area contributed by atoms with Crippen LogP contribution in [-0.4, -0.2) is 29.7 Å². The number of hydrogen-bond donors (Lipinski definition) is 1. The van der Waals surface area contributed by atoms with Gasteiger partial charge in [0.2, 0.25) is 0 Å². The van der Waals surface area contributed by atoms with Crippen LogP contribution in [0.1, 0.15) is 48.8 Å². The molecule has 0 spiro atoms. The molecule has 1 aromatic rings. The van der Waals surface area contributed by atoms with E-state index in [1.54, 1.807) is 0 Å². The smallest absolute Gasteiger partial charge is 0.140 e. The van der Waals surface area contributed by atoms with E-state index >= 15 is 0 Å². The zero-order valence-electron chi connectivity index (χ0n) is 11.0. The second-order valence-corrected chi connectivity index (χ2v) is 5.72. The van der Waals surface area contributed by atoms with Crippen LogP contribution in [-0.2, 0) is 10.2 Å². The molecule has 4 nitrogen and oxygen atoms in total. The summed E-state index contributed by atoms with van der Waals surface area (Å²) in [7, 11) is 0. The zero-order chi connectivity index (χ0) is 12.6. The van der Waals surface area contributed by atoms with Crippen LogP contribution in [0.3, 0.4) is 0 Å². The third-order valence-corrected chi connectivity index (χ3v) is 4.27. The van der Waals surface area contributed by atoms with Crippen molar-refractivity contribution in [1.82, 2.24) is 9.97 Å². The molecule has 0 aromatic carbocycles. The number of aryl methyl sites for hydroxylation is 1. The monoisotopic (exact) mass is 247 g/mol. The summed E-state index contributed by atoms with van der Waals surface area (Å²) in [6, 6.07) is 2.14. The Morgan fingerprint density at radius 3 is 2.61 bits per heavy atom. The highest BCUT2D eigenvalue weighted by molar-refractivity contribution is 5.22. The maximum Gasteiger partial charge on any atom is 0.140 e. The van der Waals surface area contributed by atoms with Gasteiger partial charge in [0.1, 0.15) is 5.82 Å². The molecule has 2 fully saturated rings. The first-order valence-electron chi connectivity index (χ1n) is 6.87. The van der Waals surface area contributed by atoms with Crippen molar-refractivity contribution in [2.75, 3.05) is 19.8 Å². The van der Waals surface area contributed by atoms with Gasteiger partial charge in [-0.25, -0.2) is 9.97 Å². The van der Waals surface area contributed by atoms with Crippen molar-refractivity contribution < 1.29 is 4.74 Å². The summed E-state index contributed by atoms with van der Waals surface area (Å²) in [6.45, 7) is 3.95. The molecule has 18 heavy (non-hydrogen) atoms. The van der Waals surface area contributed by atoms with Gasteiger partial charge in [0, 0.05) is 23.9 Å². The SMILES string of the molecule is Cc1cc(C2CCCC2)nc(C2(CN)COC2)n1. The zero-order valence-corrected chi connectivity index (χ0v) is 11.0. The Morgan fingerprint density at radius 1 is 1.33 bits per heavy atom. The van der Waals surface area contributed by atoms with Gasteiger partial charge in [-0.3, -0.25) is 0 Å². The molecule has 4 heteroatoms. The number of aromatic nitrogens is 2. The third-order valence-electron chi connectivity index (χ3n) is 4.27. The lowest BCUT2D eigenvalue weighted by molar-refractivity contribution is -0.0595. The van der Waals surface area contributed by atoms with E-state index in [2.05, 4.69) is 11.1 Å². The third kappa shape index (κ3) is 1.93. The number of nitrogens with zero attached hydrogens (tertiary/aromatic N) is 2. The summed E-state index contributed by atoms with van der Waals surface area (Å²) in [5.74, 6) is 1.53. The molecule has 1 saturated heterocycles. The van der Waals surface area contributed by atoms with E-state index in [0.717, 1.165) is 11.5 Å². The number of nitrogens with two attached hydrogens (primary N) is 1. The van der Waals surface area contributed by atoms with Crippen LogP contribution in [0.4, 0.5) is 0 Å². The highest BCUT2D eigenvalue weighted by Gasteiger charge is 2.42. The molecule has 0 amide bonds. The van der Waals surface area contributed by atoms with Gasteiger partial charge in [-0.1, -0.05) is 12.8 Å². The summed E-state index contributed by atoms with van der Waals surface area (Å²) >= 11 is 0. The van der Waals surface area contributed by atoms with Gasteiger partial charge >= 0.3 is 0 Å². The molecule has 0 bridgehead atoms. The van der Waals surface area contributed by atoms with Gasteiger partial charge in [0.05, 0.1) is 18.6 Å². The molecule has 0 atom stereocenters. The van der Waals surface area contributed by atoms with Crippen molar-refractivity contribution >= 4 is 0 Å². The minimum atomic E-state index is -0.126. The van der Waals surface area contributed by atoms with E-state index in [1.807, 2.05) is 6.92 Å². The summed E-state index contributed by atoms with van der Waals surface area (Å²) in [5, 5.41) is 0. The standard InChI is InChI=1S/C14H21N3O/c1-10-6-12(11-4-2-3-5-11)17-13(16-10)14(7-15)8-18-9-14/h6,11H,2-5,7-9,15H2,1H3. The number of hydrogen-bond acceptors (Lipinski definition) is 4. The van der Waals surface area contributed by atoms with E-state index in [4.69, 9.17) is 15.5 Å². The molecule has 1 aromatic heterocycles. The molecule has 2 N–H and O–H groups in total. The highest BCUT2D eigenvalue weighted by Crippen LogP contribution is 2.35. The molecule has 0 unspecified atom stereocenters. The molecule has 98 valence electrons. The Hall–Kier alpha value is -1.00. The average molecular weight is 247 g/mol. The van der Waals surface area contributed by atoms with Gasteiger partial charge in [-0.15, -0.1) is 0 Å². The maximum absolute atomic E-state index is 5.89. The Kier molecular flexibility index (Phi) is 3.08. The molecule has 2 heterocycles. The van der Waals surface area contributed by atoms with E-state index in [-0.39, 0.29) is 5.41 Å². The lowest BCUT2D eigenvalue weighted by atomic mass is 9.84. The summed E-state index contributed by atoms with van der Waals surface area (Å²) in [5.41, 5.74) is 8.04. The predicted octanol–water partition coefficient (Wildman–Crippen LogP) is 1.67. The van der Waals surface area contributed by atoms with E-state index < -0.39 is 0 Å². The van der Waals surface area contributed by atoms with Crippen molar-refractivity contribution in [2.45, 2.75) is 43.9 Å². The van der Waals surface area contributed by atoms with Crippen molar-refractivity contribution in [2.24, 2.45) is 5.73 Å². The fraction of sp³-hybridized carbons (Fsp3) is 0.714. The molecule has 0 radical (unpaired) electrons.